The monoisotopic (exact) mass is 159 g/mol. The Kier molecular flexibility index (Phi) is 4.81. The molecule has 0 aliphatic carbocycles. The summed E-state index contributed by atoms with van der Waals surface area (Å²) in [5, 5.41) is 1.63. The smallest absolute Gasteiger partial charge is 0.238 e. The van der Waals surface area contributed by atoms with Crippen LogP contribution in [0.3, 0.4) is 0 Å². The van der Waals surface area contributed by atoms with Crippen molar-refractivity contribution in [3.8, 4) is 0 Å². The molecule has 1 atom stereocenters. The number of hydrogen-bond donors (Lipinski definition) is 2. The van der Waals surface area contributed by atoms with Gasteiger partial charge in [0.25, 0.3) is 0 Å². The molecule has 0 aromatic rings. The molecule has 1 amide bonds. The molecule has 0 bridgehead atoms. The van der Waals surface area contributed by atoms with Crippen molar-refractivity contribution in [2.24, 2.45) is 11.7 Å². The number of hydrogen-bond acceptors (Lipinski definition) is 3. The molecule has 11 heavy (non-hydrogen) atoms. The first kappa shape index (κ1) is 10.4. The molecular weight excluding hydrogens is 142 g/mol. The first-order chi connectivity index (χ1) is 5.11. The molecular formula is C7H17N3O. The molecule has 0 heterocycles. The molecule has 0 aliphatic heterocycles. The van der Waals surface area contributed by atoms with Crippen molar-refractivity contribution in [1.82, 2.24) is 10.4 Å². The number of rotatable bonds is 4. The second-order valence-electron chi connectivity index (χ2n) is 2.71. The highest BCUT2D eigenvalue weighted by Gasteiger charge is 2.13. The number of carbonyl (C=O) groups excluding carboxylic acids is 1. The second kappa shape index (κ2) is 5.09. The van der Waals surface area contributed by atoms with Crippen LogP contribution in [0.5, 0.6) is 0 Å². The van der Waals surface area contributed by atoms with E-state index in [9.17, 15) is 4.79 Å². The summed E-state index contributed by atoms with van der Waals surface area (Å²) >= 11 is 0. The quantitative estimate of drug-likeness (QED) is 0.547. The van der Waals surface area contributed by atoms with E-state index in [1.54, 1.807) is 19.1 Å². The zero-order valence-corrected chi connectivity index (χ0v) is 7.42. The Bertz CT molecular complexity index is 121. The van der Waals surface area contributed by atoms with E-state index < -0.39 is 0 Å². The van der Waals surface area contributed by atoms with Crippen LogP contribution >= 0.6 is 0 Å². The number of amides is 1. The van der Waals surface area contributed by atoms with Crippen LogP contribution in [-0.2, 0) is 4.79 Å². The van der Waals surface area contributed by atoms with Crippen molar-refractivity contribution in [2.75, 3.05) is 20.6 Å². The topological polar surface area (TPSA) is 58.4 Å². The fourth-order valence-corrected chi connectivity index (χ4v) is 0.771. The summed E-state index contributed by atoms with van der Waals surface area (Å²) in [6.45, 7) is 2.36. The minimum absolute atomic E-state index is 0.000000000000000444. The van der Waals surface area contributed by atoms with E-state index in [1.165, 1.54) is 0 Å². The summed E-state index contributed by atoms with van der Waals surface area (Å²) in [6, 6.07) is 0. The maximum absolute atomic E-state index is 11.2. The van der Waals surface area contributed by atoms with Gasteiger partial charge in [0.1, 0.15) is 0 Å². The molecule has 66 valence electrons. The Hall–Kier alpha value is -0.610. The molecule has 0 rings (SSSR count). The lowest BCUT2D eigenvalue weighted by Crippen LogP contribution is -2.42. The van der Waals surface area contributed by atoms with Crippen LogP contribution < -0.4 is 11.2 Å². The maximum Gasteiger partial charge on any atom is 0.238 e. The van der Waals surface area contributed by atoms with Gasteiger partial charge in [-0.1, -0.05) is 6.92 Å². The van der Waals surface area contributed by atoms with Crippen molar-refractivity contribution < 1.29 is 4.79 Å². The Labute approximate surface area is 67.7 Å². The van der Waals surface area contributed by atoms with Gasteiger partial charge in [-0.05, 0) is 6.42 Å². The molecule has 0 aromatic carbocycles. The Balaban J connectivity index is 3.79. The molecule has 0 spiro atoms. The highest BCUT2D eigenvalue weighted by molar-refractivity contribution is 5.78. The van der Waals surface area contributed by atoms with E-state index in [4.69, 9.17) is 5.73 Å². The molecule has 0 saturated heterocycles. The molecule has 4 heteroatoms. The summed E-state index contributed by atoms with van der Waals surface area (Å²) in [7, 11) is 3.56. The Morgan fingerprint density at radius 1 is 1.64 bits per heavy atom. The third kappa shape index (κ3) is 3.95. The first-order valence-electron chi connectivity index (χ1n) is 3.79. The molecule has 0 radical (unpaired) electrons. The van der Waals surface area contributed by atoms with E-state index in [0.29, 0.717) is 6.54 Å². The van der Waals surface area contributed by atoms with E-state index in [-0.39, 0.29) is 11.8 Å². The standard InChI is InChI=1S/C7H17N3O/c1-4-6(5-8)7(11)9-10(2)3/h6H,4-5,8H2,1-3H3,(H,9,11). The molecule has 4 nitrogen and oxygen atoms in total. The van der Waals surface area contributed by atoms with Crippen molar-refractivity contribution in [2.45, 2.75) is 13.3 Å². The van der Waals surface area contributed by atoms with Gasteiger partial charge < -0.3 is 5.73 Å². The fourth-order valence-electron chi connectivity index (χ4n) is 0.771. The number of carbonyl (C=O) groups is 1. The highest BCUT2D eigenvalue weighted by atomic mass is 16.2. The number of nitrogens with one attached hydrogen (secondary N) is 1. The predicted molar refractivity (Wildman–Crippen MR) is 44.7 cm³/mol. The van der Waals surface area contributed by atoms with Crippen LogP contribution in [0.2, 0.25) is 0 Å². The van der Waals surface area contributed by atoms with E-state index in [2.05, 4.69) is 5.43 Å². The molecule has 0 aromatic heterocycles. The zero-order chi connectivity index (χ0) is 8.85. The third-order valence-electron chi connectivity index (χ3n) is 1.48. The summed E-state index contributed by atoms with van der Waals surface area (Å²) in [5.41, 5.74) is 8.04. The number of hydrazine groups is 1. The maximum atomic E-state index is 11.2. The van der Waals surface area contributed by atoms with Gasteiger partial charge in [0.15, 0.2) is 0 Å². The van der Waals surface area contributed by atoms with Gasteiger partial charge in [-0.2, -0.15) is 0 Å². The molecule has 0 saturated carbocycles. The van der Waals surface area contributed by atoms with E-state index >= 15 is 0 Å². The summed E-state index contributed by atoms with van der Waals surface area (Å²) in [5.74, 6) is -0.0580. The van der Waals surface area contributed by atoms with Crippen LogP contribution in [-0.4, -0.2) is 31.6 Å². The predicted octanol–water partition coefficient (Wildman–Crippen LogP) is -0.436. The van der Waals surface area contributed by atoms with Crippen LogP contribution in [0.15, 0.2) is 0 Å². The first-order valence-corrected chi connectivity index (χ1v) is 3.79. The van der Waals surface area contributed by atoms with Gasteiger partial charge >= 0.3 is 0 Å². The van der Waals surface area contributed by atoms with Crippen molar-refractivity contribution in [1.29, 1.82) is 0 Å². The zero-order valence-electron chi connectivity index (χ0n) is 7.42. The van der Waals surface area contributed by atoms with Gasteiger partial charge in [0.05, 0.1) is 5.92 Å². The third-order valence-corrected chi connectivity index (χ3v) is 1.48. The van der Waals surface area contributed by atoms with Crippen LogP contribution in [0.25, 0.3) is 0 Å². The summed E-state index contributed by atoms with van der Waals surface area (Å²) in [6.07, 6.45) is 0.788. The van der Waals surface area contributed by atoms with Gasteiger partial charge in [-0.3, -0.25) is 10.2 Å². The summed E-state index contributed by atoms with van der Waals surface area (Å²) < 4.78 is 0. The SMILES string of the molecule is CCC(CN)C(=O)NN(C)C. The van der Waals surface area contributed by atoms with Crippen molar-refractivity contribution in [3.63, 3.8) is 0 Å². The van der Waals surface area contributed by atoms with Crippen LogP contribution in [0, 0.1) is 5.92 Å². The van der Waals surface area contributed by atoms with Crippen molar-refractivity contribution >= 4 is 5.91 Å². The van der Waals surface area contributed by atoms with Gasteiger partial charge in [-0.25, -0.2) is 5.01 Å². The Morgan fingerprint density at radius 3 is 2.45 bits per heavy atom. The molecule has 1 unspecified atom stereocenters. The minimum Gasteiger partial charge on any atom is -0.330 e. The highest BCUT2D eigenvalue weighted by Crippen LogP contribution is 1.98. The van der Waals surface area contributed by atoms with Crippen LogP contribution in [0.1, 0.15) is 13.3 Å². The lowest BCUT2D eigenvalue weighted by atomic mass is 10.1. The van der Waals surface area contributed by atoms with Crippen molar-refractivity contribution in [3.05, 3.63) is 0 Å². The number of nitrogens with zero attached hydrogens (tertiary/aromatic N) is 1. The minimum atomic E-state index is -0.0580. The van der Waals surface area contributed by atoms with E-state index in [0.717, 1.165) is 6.42 Å². The van der Waals surface area contributed by atoms with Crippen LogP contribution in [0.4, 0.5) is 0 Å². The lowest BCUT2D eigenvalue weighted by molar-refractivity contribution is -0.128. The van der Waals surface area contributed by atoms with Gasteiger partial charge in [-0.15, -0.1) is 0 Å². The second-order valence-corrected chi connectivity index (χ2v) is 2.71. The normalized spacial score (nSPS) is 13.2. The average molecular weight is 159 g/mol. The number of nitrogens with two attached hydrogens (primary N) is 1. The van der Waals surface area contributed by atoms with E-state index in [1.807, 2.05) is 6.92 Å². The fraction of sp³-hybridized carbons (Fsp3) is 0.857. The molecule has 3 N–H and O–H groups in total. The summed E-state index contributed by atoms with van der Waals surface area (Å²) in [4.78, 5) is 11.2. The average Bonchev–Trinajstić information content (AvgIpc) is 1.88. The lowest BCUT2D eigenvalue weighted by Gasteiger charge is -2.16. The van der Waals surface area contributed by atoms with Gasteiger partial charge in [0.2, 0.25) is 5.91 Å². The largest absolute Gasteiger partial charge is 0.330 e. The molecule has 0 aliphatic rings. The Morgan fingerprint density at radius 2 is 2.18 bits per heavy atom. The molecule has 0 fully saturated rings. The van der Waals surface area contributed by atoms with Gasteiger partial charge in [0, 0.05) is 20.6 Å².